The SMILES string of the molecule is CC(=O)C(C=Nc1ccc(N=CC(C(C)=O)=C(C)O)cc1)=C(C)O. The lowest BCUT2D eigenvalue weighted by molar-refractivity contribution is -0.114. The lowest BCUT2D eigenvalue weighted by atomic mass is 10.2. The summed E-state index contributed by atoms with van der Waals surface area (Å²) in [5.41, 5.74) is 1.45. The van der Waals surface area contributed by atoms with Crippen LogP contribution in [0, 0.1) is 0 Å². The number of carbonyl (C=O) groups is 2. The van der Waals surface area contributed by atoms with Crippen molar-refractivity contribution in [3.05, 3.63) is 46.9 Å². The van der Waals surface area contributed by atoms with Gasteiger partial charge in [-0.05, 0) is 52.0 Å². The minimum atomic E-state index is -0.275. The fourth-order valence-corrected chi connectivity index (χ4v) is 1.78. The Morgan fingerprint density at radius 2 is 1.04 bits per heavy atom. The lowest BCUT2D eigenvalue weighted by Gasteiger charge is -2.00. The predicted octanol–water partition coefficient (Wildman–Crippen LogP) is 3.93. The number of hydrogen-bond donors (Lipinski definition) is 2. The molecule has 0 atom stereocenters. The fraction of sp³-hybridized carbons (Fsp3) is 0.222. The molecule has 0 bridgehead atoms. The Bertz CT molecular complexity index is 681. The third-order valence-corrected chi connectivity index (χ3v) is 3.07. The summed E-state index contributed by atoms with van der Waals surface area (Å²) in [4.78, 5) is 30.9. The molecule has 0 saturated carbocycles. The number of carbonyl (C=O) groups excluding carboxylic acids is 2. The summed E-state index contributed by atoms with van der Waals surface area (Å²) < 4.78 is 0. The number of allylic oxidation sites excluding steroid dienone is 4. The first-order valence-corrected chi connectivity index (χ1v) is 7.22. The van der Waals surface area contributed by atoms with Crippen LogP contribution in [-0.2, 0) is 9.59 Å². The molecule has 0 unspecified atom stereocenters. The molecule has 126 valence electrons. The van der Waals surface area contributed by atoms with E-state index in [0.29, 0.717) is 11.4 Å². The van der Waals surface area contributed by atoms with Gasteiger partial charge in [-0.25, -0.2) is 0 Å². The highest BCUT2D eigenvalue weighted by atomic mass is 16.3. The maximum Gasteiger partial charge on any atom is 0.164 e. The lowest BCUT2D eigenvalue weighted by Crippen LogP contribution is -2.01. The summed E-state index contributed by atoms with van der Waals surface area (Å²) in [6.07, 6.45) is 2.61. The van der Waals surface area contributed by atoms with Crippen molar-refractivity contribution < 1.29 is 19.8 Å². The van der Waals surface area contributed by atoms with Gasteiger partial charge in [0.05, 0.1) is 22.5 Å². The van der Waals surface area contributed by atoms with Crippen LogP contribution in [0.4, 0.5) is 11.4 Å². The summed E-state index contributed by atoms with van der Waals surface area (Å²) in [6, 6.07) is 6.71. The molecule has 1 rings (SSSR count). The van der Waals surface area contributed by atoms with Crippen LogP contribution in [0.15, 0.2) is 56.9 Å². The average molecular weight is 328 g/mol. The van der Waals surface area contributed by atoms with Crippen molar-refractivity contribution in [3.63, 3.8) is 0 Å². The first kappa shape index (κ1) is 19.0. The van der Waals surface area contributed by atoms with Crippen molar-refractivity contribution in [3.8, 4) is 0 Å². The minimum absolute atomic E-state index is 0.0876. The van der Waals surface area contributed by atoms with E-state index >= 15 is 0 Å². The molecule has 0 aliphatic heterocycles. The summed E-state index contributed by atoms with van der Waals surface area (Å²) in [5, 5.41) is 18.8. The van der Waals surface area contributed by atoms with Gasteiger partial charge in [0, 0.05) is 12.4 Å². The second-order valence-corrected chi connectivity index (χ2v) is 5.14. The molecule has 24 heavy (non-hydrogen) atoms. The Balaban J connectivity index is 2.95. The second kappa shape index (κ2) is 8.57. The summed E-state index contributed by atoms with van der Waals surface area (Å²) in [6.45, 7) is 5.54. The standard InChI is InChI=1S/C18H20N2O4/c1-11(21)17(12(2)22)9-19-15-5-7-16(8-6-15)20-10-18(13(3)23)14(4)24/h5-10,21,23H,1-4H3. The molecule has 1 aromatic carbocycles. The number of ketones is 2. The van der Waals surface area contributed by atoms with Gasteiger partial charge in [-0.1, -0.05) is 0 Å². The van der Waals surface area contributed by atoms with E-state index in [1.54, 1.807) is 24.3 Å². The molecule has 0 amide bonds. The topological polar surface area (TPSA) is 99.3 Å². The third-order valence-electron chi connectivity index (χ3n) is 3.07. The third kappa shape index (κ3) is 5.64. The molecule has 0 aromatic heterocycles. The van der Waals surface area contributed by atoms with Gasteiger partial charge in [0.25, 0.3) is 0 Å². The van der Waals surface area contributed by atoms with Crippen molar-refractivity contribution in [1.29, 1.82) is 0 Å². The van der Waals surface area contributed by atoms with Crippen molar-refractivity contribution in [1.82, 2.24) is 0 Å². The minimum Gasteiger partial charge on any atom is -0.512 e. The Morgan fingerprint density at radius 3 is 1.25 bits per heavy atom. The van der Waals surface area contributed by atoms with Gasteiger partial charge in [-0.3, -0.25) is 19.6 Å². The maximum absolute atomic E-state index is 11.3. The van der Waals surface area contributed by atoms with E-state index in [1.165, 1.54) is 40.1 Å². The van der Waals surface area contributed by atoms with E-state index in [1.807, 2.05) is 0 Å². The van der Waals surface area contributed by atoms with Crippen LogP contribution >= 0.6 is 0 Å². The highest BCUT2D eigenvalue weighted by Gasteiger charge is 2.05. The number of aliphatic hydroxyl groups is 2. The number of aliphatic imine (C=N–C) groups is 2. The molecular weight excluding hydrogens is 308 g/mol. The quantitative estimate of drug-likeness (QED) is 0.469. The first-order chi connectivity index (χ1) is 11.2. The van der Waals surface area contributed by atoms with Gasteiger partial charge in [-0.2, -0.15) is 0 Å². The molecule has 2 N–H and O–H groups in total. The zero-order valence-electron chi connectivity index (χ0n) is 14.1. The van der Waals surface area contributed by atoms with Crippen molar-refractivity contribution in [2.45, 2.75) is 27.7 Å². The second-order valence-electron chi connectivity index (χ2n) is 5.14. The zero-order chi connectivity index (χ0) is 18.3. The van der Waals surface area contributed by atoms with E-state index in [4.69, 9.17) is 0 Å². The number of aliphatic hydroxyl groups excluding tert-OH is 2. The summed E-state index contributed by atoms with van der Waals surface area (Å²) in [7, 11) is 0. The number of Topliss-reactive ketones (excluding diaryl/α,β-unsaturated/α-hetero) is 2. The van der Waals surface area contributed by atoms with Gasteiger partial charge >= 0.3 is 0 Å². The van der Waals surface area contributed by atoms with E-state index in [9.17, 15) is 19.8 Å². The molecule has 1 aromatic rings. The highest BCUT2D eigenvalue weighted by molar-refractivity contribution is 6.13. The highest BCUT2D eigenvalue weighted by Crippen LogP contribution is 2.19. The molecule has 0 fully saturated rings. The molecule has 0 radical (unpaired) electrons. The smallest absolute Gasteiger partial charge is 0.164 e. The van der Waals surface area contributed by atoms with Crippen LogP contribution < -0.4 is 0 Å². The van der Waals surface area contributed by atoms with Crippen LogP contribution in [0.25, 0.3) is 0 Å². The average Bonchev–Trinajstić information content (AvgIpc) is 2.47. The largest absolute Gasteiger partial charge is 0.512 e. The molecule has 0 aliphatic rings. The first-order valence-electron chi connectivity index (χ1n) is 7.22. The van der Waals surface area contributed by atoms with Gasteiger partial charge in [0.2, 0.25) is 0 Å². The monoisotopic (exact) mass is 328 g/mol. The number of rotatable bonds is 6. The number of benzene rings is 1. The normalized spacial score (nSPS) is 13.8. The molecule has 6 nitrogen and oxygen atoms in total. The van der Waals surface area contributed by atoms with Crippen molar-refractivity contribution in [2.24, 2.45) is 9.98 Å². The van der Waals surface area contributed by atoms with Gasteiger partial charge < -0.3 is 10.2 Å². The molecular formula is C18H20N2O4. The molecule has 6 heteroatoms. The van der Waals surface area contributed by atoms with Crippen LogP contribution in [0.2, 0.25) is 0 Å². The number of hydrogen-bond acceptors (Lipinski definition) is 6. The Hall–Kier alpha value is -3.02. The van der Waals surface area contributed by atoms with E-state index < -0.39 is 0 Å². The van der Waals surface area contributed by atoms with E-state index in [-0.39, 0.29) is 34.2 Å². The van der Waals surface area contributed by atoms with Crippen LogP contribution in [0.1, 0.15) is 27.7 Å². The van der Waals surface area contributed by atoms with Crippen LogP contribution in [-0.4, -0.2) is 34.2 Å². The van der Waals surface area contributed by atoms with Crippen molar-refractivity contribution >= 4 is 35.4 Å². The van der Waals surface area contributed by atoms with E-state index in [2.05, 4.69) is 9.98 Å². The Kier molecular flexibility index (Phi) is 6.79. The predicted molar refractivity (Wildman–Crippen MR) is 94.8 cm³/mol. The Morgan fingerprint density at radius 1 is 0.750 bits per heavy atom. The van der Waals surface area contributed by atoms with Gasteiger partial charge in [0.1, 0.15) is 11.5 Å². The molecule has 0 aliphatic carbocycles. The van der Waals surface area contributed by atoms with Crippen LogP contribution in [0.3, 0.4) is 0 Å². The van der Waals surface area contributed by atoms with Gasteiger partial charge in [-0.15, -0.1) is 0 Å². The van der Waals surface area contributed by atoms with Crippen LogP contribution in [0.5, 0.6) is 0 Å². The Labute approximate surface area is 140 Å². The summed E-state index contributed by atoms with van der Waals surface area (Å²) >= 11 is 0. The molecule has 0 spiro atoms. The van der Waals surface area contributed by atoms with Gasteiger partial charge in [0.15, 0.2) is 11.6 Å². The zero-order valence-corrected chi connectivity index (χ0v) is 14.1. The maximum atomic E-state index is 11.3. The molecule has 0 saturated heterocycles. The number of nitrogens with zero attached hydrogens (tertiary/aromatic N) is 2. The summed E-state index contributed by atoms with van der Waals surface area (Å²) in [5.74, 6) is -0.725. The van der Waals surface area contributed by atoms with E-state index in [0.717, 1.165) is 0 Å². The fourth-order valence-electron chi connectivity index (χ4n) is 1.78. The molecule has 0 heterocycles. The van der Waals surface area contributed by atoms with Crippen molar-refractivity contribution in [2.75, 3.05) is 0 Å².